The highest BCUT2D eigenvalue weighted by Crippen LogP contribution is 2.38. The Kier molecular flexibility index (Phi) is 8.82. The van der Waals surface area contributed by atoms with E-state index in [2.05, 4.69) is 9.64 Å². The van der Waals surface area contributed by atoms with Gasteiger partial charge in [0.05, 0.1) is 37.0 Å². The molecule has 0 bridgehead atoms. The average molecular weight is 503 g/mol. The van der Waals surface area contributed by atoms with Crippen LogP contribution in [-0.2, 0) is 33.2 Å². The van der Waals surface area contributed by atoms with Gasteiger partial charge in [0.25, 0.3) is 0 Å². The average Bonchev–Trinajstić information content (AvgIpc) is 2.82. The minimum atomic E-state index is -4.91. The van der Waals surface area contributed by atoms with E-state index in [1.54, 1.807) is 0 Å². The quantitative estimate of drug-likeness (QED) is 0.309. The van der Waals surface area contributed by atoms with Gasteiger partial charge in [-0.2, -0.15) is 26.3 Å². The summed E-state index contributed by atoms with van der Waals surface area (Å²) in [5, 5.41) is 0. The van der Waals surface area contributed by atoms with Crippen LogP contribution >= 0.6 is 0 Å². The molecule has 0 radical (unpaired) electrons. The number of benzene rings is 2. The molecule has 3 rings (SSSR count). The Labute approximate surface area is 199 Å². The number of methoxy groups -OCH3 is 1. The summed E-state index contributed by atoms with van der Waals surface area (Å²) in [5.74, 6) is -0.323. The second-order valence-electron chi connectivity index (χ2n) is 8.48. The zero-order valence-corrected chi connectivity index (χ0v) is 19.2. The van der Waals surface area contributed by atoms with E-state index in [9.17, 15) is 31.1 Å². The monoisotopic (exact) mass is 503 g/mol. The maximum absolute atomic E-state index is 13.2. The summed E-state index contributed by atoms with van der Waals surface area (Å²) in [4.78, 5) is 13.6. The largest absolute Gasteiger partial charge is 0.469 e. The van der Waals surface area contributed by atoms with Gasteiger partial charge in [-0.25, -0.2) is 0 Å². The number of alkyl halides is 6. The molecule has 2 atom stereocenters. The highest BCUT2D eigenvalue weighted by atomic mass is 19.4. The molecule has 0 spiro atoms. The lowest BCUT2D eigenvalue weighted by molar-refractivity contribution is -0.143. The zero-order chi connectivity index (χ0) is 25.6. The van der Waals surface area contributed by atoms with Crippen LogP contribution in [0.25, 0.3) is 0 Å². The lowest BCUT2D eigenvalue weighted by atomic mass is 9.92. The Morgan fingerprint density at radius 3 is 2.20 bits per heavy atom. The first kappa shape index (κ1) is 27.0. The van der Waals surface area contributed by atoms with Crippen LogP contribution in [0.3, 0.4) is 0 Å². The van der Waals surface area contributed by atoms with Gasteiger partial charge in [0.15, 0.2) is 0 Å². The molecule has 1 aliphatic rings. The summed E-state index contributed by atoms with van der Waals surface area (Å²) in [6, 6.07) is 10.6. The number of ether oxygens (including phenoxy) is 2. The van der Waals surface area contributed by atoms with Crippen LogP contribution in [0.2, 0.25) is 0 Å². The number of carbonyl (C=O) groups is 1. The fraction of sp³-hybridized carbons (Fsp3) is 0.480. The van der Waals surface area contributed by atoms with Gasteiger partial charge in [0.2, 0.25) is 0 Å². The summed E-state index contributed by atoms with van der Waals surface area (Å²) in [6.07, 6.45) is -8.15. The predicted octanol–water partition coefficient (Wildman–Crippen LogP) is 6.40. The van der Waals surface area contributed by atoms with Crippen molar-refractivity contribution in [3.05, 3.63) is 70.8 Å². The van der Waals surface area contributed by atoms with Gasteiger partial charge in [-0.1, -0.05) is 30.3 Å². The van der Waals surface area contributed by atoms with Crippen molar-refractivity contribution in [2.45, 2.75) is 56.8 Å². The minimum absolute atomic E-state index is 0.111. The third-order valence-corrected chi connectivity index (χ3v) is 5.99. The number of hydrogen-bond donors (Lipinski definition) is 0. The molecular weight excluding hydrogens is 476 g/mol. The van der Waals surface area contributed by atoms with Crippen molar-refractivity contribution in [2.24, 2.45) is 0 Å². The van der Waals surface area contributed by atoms with E-state index in [-0.39, 0.29) is 30.1 Å². The van der Waals surface area contributed by atoms with Gasteiger partial charge in [-0.15, -0.1) is 0 Å². The number of halogens is 6. The minimum Gasteiger partial charge on any atom is -0.469 e. The van der Waals surface area contributed by atoms with Crippen molar-refractivity contribution in [1.29, 1.82) is 0 Å². The van der Waals surface area contributed by atoms with Crippen molar-refractivity contribution in [3.8, 4) is 0 Å². The Hall–Kier alpha value is -2.59. The third kappa shape index (κ3) is 7.44. The molecule has 1 fully saturated rings. The number of carbonyl (C=O) groups excluding carboxylic acids is 1. The molecule has 1 saturated heterocycles. The molecule has 1 heterocycles. The molecule has 2 aromatic rings. The number of rotatable bonds is 8. The molecule has 0 aliphatic carbocycles. The van der Waals surface area contributed by atoms with Crippen LogP contribution in [0.1, 0.15) is 54.0 Å². The van der Waals surface area contributed by atoms with E-state index in [0.717, 1.165) is 18.5 Å². The molecule has 2 unspecified atom stereocenters. The van der Waals surface area contributed by atoms with Gasteiger partial charge in [0, 0.05) is 6.42 Å². The SMILES string of the molecule is COC(=O)CCCN1CCCC(OCc2cc(C(F)(F)F)cc(C(F)(F)F)c2)C1c1ccccc1. The van der Waals surface area contributed by atoms with Crippen molar-refractivity contribution >= 4 is 5.97 Å². The Balaban J connectivity index is 1.81. The standard InChI is InChI=1S/C25H27F6NO3/c1-34-22(33)10-6-12-32-11-5-9-21(23(32)18-7-3-2-4-8-18)35-16-17-13-19(24(26,27)28)15-20(14-17)25(29,30)31/h2-4,7-8,13-15,21,23H,5-6,9-12,16H2,1H3. The van der Waals surface area contributed by atoms with Crippen molar-refractivity contribution in [2.75, 3.05) is 20.2 Å². The Bertz CT molecular complexity index is 945. The molecule has 192 valence electrons. The molecule has 4 nitrogen and oxygen atoms in total. The van der Waals surface area contributed by atoms with Crippen LogP contribution in [0, 0.1) is 0 Å². The van der Waals surface area contributed by atoms with Crippen LogP contribution in [-0.4, -0.2) is 37.2 Å². The van der Waals surface area contributed by atoms with E-state index < -0.39 is 36.2 Å². The second kappa shape index (κ2) is 11.4. The van der Waals surface area contributed by atoms with E-state index in [4.69, 9.17) is 4.74 Å². The van der Waals surface area contributed by atoms with Crippen LogP contribution < -0.4 is 0 Å². The molecule has 0 saturated carbocycles. The first-order valence-electron chi connectivity index (χ1n) is 11.2. The van der Waals surface area contributed by atoms with Gasteiger partial charge < -0.3 is 9.47 Å². The van der Waals surface area contributed by atoms with E-state index in [0.29, 0.717) is 31.5 Å². The van der Waals surface area contributed by atoms with Gasteiger partial charge >= 0.3 is 18.3 Å². The highest BCUT2D eigenvalue weighted by molar-refractivity contribution is 5.69. The van der Waals surface area contributed by atoms with Crippen LogP contribution in [0.4, 0.5) is 26.3 Å². The first-order valence-corrected chi connectivity index (χ1v) is 11.2. The summed E-state index contributed by atoms with van der Waals surface area (Å²) < 4.78 is 90.0. The maximum atomic E-state index is 13.2. The van der Waals surface area contributed by atoms with E-state index in [1.165, 1.54) is 7.11 Å². The number of piperidine rings is 1. The molecule has 10 heteroatoms. The molecule has 0 N–H and O–H groups in total. The van der Waals surface area contributed by atoms with E-state index in [1.807, 2.05) is 30.3 Å². The summed E-state index contributed by atoms with van der Waals surface area (Å²) in [6.45, 7) is 0.898. The van der Waals surface area contributed by atoms with Crippen LogP contribution in [0.5, 0.6) is 0 Å². The third-order valence-electron chi connectivity index (χ3n) is 5.99. The molecular formula is C25H27F6NO3. The lowest BCUT2D eigenvalue weighted by Crippen LogP contribution is -2.43. The molecule has 0 amide bonds. The zero-order valence-electron chi connectivity index (χ0n) is 19.2. The highest BCUT2D eigenvalue weighted by Gasteiger charge is 2.37. The summed E-state index contributed by atoms with van der Waals surface area (Å²) in [5.41, 5.74) is -1.99. The number of esters is 1. The molecule has 35 heavy (non-hydrogen) atoms. The Morgan fingerprint density at radius 2 is 1.63 bits per heavy atom. The predicted molar refractivity (Wildman–Crippen MR) is 116 cm³/mol. The fourth-order valence-electron chi connectivity index (χ4n) is 4.36. The van der Waals surface area contributed by atoms with Gasteiger partial charge in [0.1, 0.15) is 0 Å². The number of likely N-dealkylation sites (tertiary alicyclic amines) is 1. The lowest BCUT2D eigenvalue weighted by Gasteiger charge is -2.41. The Morgan fingerprint density at radius 1 is 1.00 bits per heavy atom. The smallest absolute Gasteiger partial charge is 0.416 e. The molecule has 2 aromatic carbocycles. The van der Waals surface area contributed by atoms with Gasteiger partial charge in [-0.3, -0.25) is 9.69 Å². The summed E-state index contributed by atoms with van der Waals surface area (Å²) >= 11 is 0. The van der Waals surface area contributed by atoms with Gasteiger partial charge in [-0.05, 0) is 61.7 Å². The second-order valence-corrected chi connectivity index (χ2v) is 8.48. The normalized spacial score (nSPS) is 19.5. The van der Waals surface area contributed by atoms with E-state index >= 15 is 0 Å². The van der Waals surface area contributed by atoms with Crippen molar-refractivity contribution in [1.82, 2.24) is 4.90 Å². The molecule has 1 aliphatic heterocycles. The number of hydrogen-bond acceptors (Lipinski definition) is 4. The maximum Gasteiger partial charge on any atom is 0.416 e. The number of nitrogens with zero attached hydrogens (tertiary/aromatic N) is 1. The van der Waals surface area contributed by atoms with Crippen molar-refractivity contribution < 1.29 is 40.6 Å². The van der Waals surface area contributed by atoms with Crippen molar-refractivity contribution in [3.63, 3.8) is 0 Å². The fourth-order valence-corrected chi connectivity index (χ4v) is 4.36. The summed E-state index contributed by atoms with van der Waals surface area (Å²) in [7, 11) is 1.32. The molecule has 0 aromatic heterocycles. The first-order chi connectivity index (χ1) is 16.5. The topological polar surface area (TPSA) is 38.8 Å². The van der Waals surface area contributed by atoms with Crippen LogP contribution in [0.15, 0.2) is 48.5 Å².